The fourth-order valence-electron chi connectivity index (χ4n) is 2.14. The van der Waals surface area contributed by atoms with Gasteiger partial charge in [0.25, 0.3) is 0 Å². The Kier molecular flexibility index (Phi) is 2.98. The molecule has 2 aromatic rings. The molecule has 0 saturated heterocycles. The summed E-state index contributed by atoms with van der Waals surface area (Å²) in [6.07, 6.45) is -4.45. The summed E-state index contributed by atoms with van der Waals surface area (Å²) in [5.74, 6) is 0.376. The molecule has 0 amide bonds. The SMILES string of the molecule is COc1ccc(C)c2c(CN)c(C(F)(F)F)[nH]c12. The quantitative estimate of drug-likeness (QED) is 0.870. The van der Waals surface area contributed by atoms with Gasteiger partial charge in [-0.3, -0.25) is 0 Å². The van der Waals surface area contributed by atoms with Crippen molar-refractivity contribution >= 4 is 10.9 Å². The van der Waals surface area contributed by atoms with Crippen molar-refractivity contribution < 1.29 is 17.9 Å². The zero-order valence-corrected chi connectivity index (χ0v) is 9.98. The van der Waals surface area contributed by atoms with Crippen molar-refractivity contribution in [2.24, 2.45) is 5.73 Å². The lowest BCUT2D eigenvalue weighted by atomic mass is 10.1. The van der Waals surface area contributed by atoms with E-state index in [4.69, 9.17) is 10.5 Å². The number of fused-ring (bicyclic) bond motifs is 1. The summed E-state index contributed by atoms with van der Waals surface area (Å²) in [7, 11) is 1.42. The number of halogens is 3. The Morgan fingerprint density at radius 1 is 1.33 bits per heavy atom. The van der Waals surface area contributed by atoms with E-state index >= 15 is 0 Å². The third-order valence-corrected chi connectivity index (χ3v) is 2.94. The number of nitrogens with two attached hydrogens (primary N) is 1. The molecule has 1 heterocycles. The second-order valence-corrected chi connectivity index (χ2v) is 4.02. The molecule has 0 unspecified atom stereocenters. The van der Waals surface area contributed by atoms with Gasteiger partial charge in [-0.1, -0.05) is 6.07 Å². The van der Waals surface area contributed by atoms with Crippen LogP contribution in [0, 0.1) is 6.92 Å². The number of nitrogens with one attached hydrogen (secondary N) is 1. The van der Waals surface area contributed by atoms with Crippen LogP contribution in [0.1, 0.15) is 16.8 Å². The van der Waals surface area contributed by atoms with Crippen LogP contribution < -0.4 is 10.5 Å². The minimum atomic E-state index is -4.45. The number of ether oxygens (including phenoxy) is 1. The molecule has 0 radical (unpaired) electrons. The van der Waals surface area contributed by atoms with Gasteiger partial charge in [-0.25, -0.2) is 0 Å². The number of alkyl halides is 3. The Morgan fingerprint density at radius 2 is 2.00 bits per heavy atom. The first-order valence-electron chi connectivity index (χ1n) is 5.35. The number of methoxy groups -OCH3 is 1. The molecular weight excluding hydrogens is 245 g/mol. The van der Waals surface area contributed by atoms with Gasteiger partial charge in [-0.2, -0.15) is 13.2 Å². The summed E-state index contributed by atoms with van der Waals surface area (Å²) in [5, 5.41) is 0.490. The Morgan fingerprint density at radius 3 is 2.50 bits per heavy atom. The van der Waals surface area contributed by atoms with Crippen molar-refractivity contribution in [1.29, 1.82) is 0 Å². The Bertz CT molecular complexity index is 587. The van der Waals surface area contributed by atoms with Gasteiger partial charge < -0.3 is 15.5 Å². The fourth-order valence-corrected chi connectivity index (χ4v) is 2.14. The maximum atomic E-state index is 12.9. The van der Waals surface area contributed by atoms with E-state index in [9.17, 15) is 13.2 Å². The number of rotatable bonds is 2. The largest absolute Gasteiger partial charge is 0.495 e. The topological polar surface area (TPSA) is 51.0 Å². The van der Waals surface area contributed by atoms with Gasteiger partial charge in [0, 0.05) is 17.5 Å². The molecule has 1 aromatic carbocycles. The molecule has 2 rings (SSSR count). The first kappa shape index (κ1) is 12.8. The van der Waals surface area contributed by atoms with Crippen LogP contribution in [-0.4, -0.2) is 12.1 Å². The molecule has 98 valence electrons. The first-order valence-corrected chi connectivity index (χ1v) is 5.35. The third kappa shape index (κ3) is 1.82. The summed E-state index contributed by atoms with van der Waals surface area (Å²) < 4.78 is 43.8. The molecule has 1 aromatic heterocycles. The zero-order chi connectivity index (χ0) is 13.5. The minimum absolute atomic E-state index is 0.0777. The highest BCUT2D eigenvalue weighted by molar-refractivity contribution is 5.92. The van der Waals surface area contributed by atoms with Crippen molar-refractivity contribution in [2.75, 3.05) is 7.11 Å². The lowest BCUT2D eigenvalue weighted by Gasteiger charge is -2.06. The van der Waals surface area contributed by atoms with Crippen LogP contribution in [0.2, 0.25) is 0 Å². The fraction of sp³-hybridized carbons (Fsp3) is 0.333. The van der Waals surface area contributed by atoms with Crippen molar-refractivity contribution in [1.82, 2.24) is 4.98 Å². The molecular formula is C12H13F3N2O. The van der Waals surface area contributed by atoms with Crippen LogP contribution in [0.15, 0.2) is 12.1 Å². The van der Waals surface area contributed by atoms with E-state index in [1.54, 1.807) is 19.1 Å². The van der Waals surface area contributed by atoms with Crippen LogP contribution in [0.3, 0.4) is 0 Å². The normalized spacial score (nSPS) is 12.1. The highest BCUT2D eigenvalue weighted by Crippen LogP contribution is 2.39. The summed E-state index contributed by atoms with van der Waals surface area (Å²) in [6, 6.07) is 3.35. The molecule has 3 nitrogen and oxygen atoms in total. The Hall–Kier alpha value is -1.69. The van der Waals surface area contributed by atoms with E-state index in [1.165, 1.54) is 7.11 Å². The van der Waals surface area contributed by atoms with Gasteiger partial charge in [0.15, 0.2) is 0 Å². The standard InChI is InChI=1S/C12H13F3N2O/c1-6-3-4-8(18-2)10-9(6)7(5-16)11(17-10)12(13,14)15/h3-4,17H,5,16H2,1-2H3. The van der Waals surface area contributed by atoms with Crippen LogP contribution in [0.25, 0.3) is 10.9 Å². The Labute approximate surface area is 102 Å². The van der Waals surface area contributed by atoms with Crippen molar-refractivity contribution in [3.63, 3.8) is 0 Å². The number of aromatic amines is 1. The van der Waals surface area contributed by atoms with Crippen molar-refractivity contribution in [3.8, 4) is 5.75 Å². The zero-order valence-electron chi connectivity index (χ0n) is 9.98. The van der Waals surface area contributed by atoms with Gasteiger partial charge >= 0.3 is 6.18 Å². The maximum Gasteiger partial charge on any atom is 0.431 e. The van der Waals surface area contributed by atoms with Crippen LogP contribution in [0.4, 0.5) is 13.2 Å². The van der Waals surface area contributed by atoms with E-state index in [0.29, 0.717) is 16.7 Å². The van der Waals surface area contributed by atoms with Gasteiger partial charge in [-0.15, -0.1) is 0 Å². The average molecular weight is 258 g/mol. The predicted molar refractivity (Wildman–Crippen MR) is 62.5 cm³/mol. The van der Waals surface area contributed by atoms with E-state index in [1.807, 2.05) is 0 Å². The molecule has 3 N–H and O–H groups in total. The first-order chi connectivity index (χ1) is 8.40. The lowest BCUT2D eigenvalue weighted by molar-refractivity contribution is -0.141. The van der Waals surface area contributed by atoms with Crippen molar-refractivity contribution in [2.45, 2.75) is 19.6 Å². The van der Waals surface area contributed by atoms with E-state index < -0.39 is 11.9 Å². The third-order valence-electron chi connectivity index (χ3n) is 2.94. The number of benzene rings is 1. The number of aromatic nitrogens is 1. The van der Waals surface area contributed by atoms with Gasteiger partial charge in [0.2, 0.25) is 0 Å². The number of aryl methyl sites for hydroxylation is 1. The average Bonchev–Trinajstić information content (AvgIpc) is 2.69. The second kappa shape index (κ2) is 4.20. The monoisotopic (exact) mass is 258 g/mol. The number of hydrogen-bond donors (Lipinski definition) is 2. The van der Waals surface area contributed by atoms with E-state index in [0.717, 1.165) is 5.56 Å². The minimum Gasteiger partial charge on any atom is -0.495 e. The van der Waals surface area contributed by atoms with Crippen LogP contribution in [-0.2, 0) is 12.7 Å². The Balaban J connectivity index is 2.88. The summed E-state index contributed by atoms with van der Waals surface area (Å²) in [5.41, 5.74) is 5.81. The van der Waals surface area contributed by atoms with E-state index in [-0.39, 0.29) is 12.1 Å². The van der Waals surface area contributed by atoms with Crippen molar-refractivity contribution in [3.05, 3.63) is 29.0 Å². The second-order valence-electron chi connectivity index (χ2n) is 4.02. The predicted octanol–water partition coefficient (Wildman–Crippen LogP) is 2.96. The molecule has 0 bridgehead atoms. The summed E-state index contributed by atoms with van der Waals surface area (Å²) >= 11 is 0. The smallest absolute Gasteiger partial charge is 0.431 e. The molecule has 0 fully saturated rings. The summed E-state index contributed by atoms with van der Waals surface area (Å²) in [4.78, 5) is 2.39. The molecule has 0 atom stereocenters. The molecule has 0 spiro atoms. The lowest BCUT2D eigenvalue weighted by Crippen LogP contribution is -2.11. The molecule has 0 aliphatic heterocycles. The van der Waals surface area contributed by atoms with Gasteiger partial charge in [0.1, 0.15) is 11.4 Å². The van der Waals surface area contributed by atoms with Gasteiger partial charge in [-0.05, 0) is 18.6 Å². The van der Waals surface area contributed by atoms with E-state index in [2.05, 4.69) is 4.98 Å². The number of hydrogen-bond acceptors (Lipinski definition) is 2. The van der Waals surface area contributed by atoms with Crippen LogP contribution >= 0.6 is 0 Å². The maximum absolute atomic E-state index is 12.9. The molecule has 6 heteroatoms. The molecule has 0 aliphatic carbocycles. The molecule has 0 saturated carbocycles. The van der Waals surface area contributed by atoms with Gasteiger partial charge in [0.05, 0.1) is 12.6 Å². The molecule has 18 heavy (non-hydrogen) atoms. The molecule has 0 aliphatic rings. The highest BCUT2D eigenvalue weighted by atomic mass is 19.4. The summed E-state index contributed by atoms with van der Waals surface area (Å²) in [6.45, 7) is 1.57. The highest BCUT2D eigenvalue weighted by Gasteiger charge is 2.36. The number of H-pyrrole nitrogens is 1. The van der Waals surface area contributed by atoms with Crippen LogP contribution in [0.5, 0.6) is 5.75 Å².